The zero-order chi connectivity index (χ0) is 12.9. The number of para-hydroxylation sites is 1. The van der Waals surface area contributed by atoms with E-state index in [0.717, 1.165) is 37.6 Å². The smallest absolute Gasteiger partial charge is 0.225 e. The molecular formula is C15H17N3O. The monoisotopic (exact) mass is 255 g/mol. The maximum absolute atomic E-state index is 5.97. The van der Waals surface area contributed by atoms with E-state index < -0.39 is 0 Å². The van der Waals surface area contributed by atoms with Gasteiger partial charge in [0, 0.05) is 38.3 Å². The van der Waals surface area contributed by atoms with Gasteiger partial charge in [0.2, 0.25) is 5.95 Å². The van der Waals surface area contributed by atoms with Crippen molar-refractivity contribution in [2.75, 3.05) is 18.0 Å². The van der Waals surface area contributed by atoms with Crippen molar-refractivity contribution in [1.82, 2.24) is 9.97 Å². The van der Waals surface area contributed by atoms with Gasteiger partial charge in [0.05, 0.1) is 0 Å². The summed E-state index contributed by atoms with van der Waals surface area (Å²) in [5.74, 6) is 1.78. The average molecular weight is 255 g/mol. The molecule has 3 rings (SSSR count). The molecule has 0 spiro atoms. The Morgan fingerprint density at radius 2 is 1.63 bits per heavy atom. The molecule has 0 aliphatic carbocycles. The molecule has 0 unspecified atom stereocenters. The molecule has 2 aromatic rings. The third-order valence-corrected chi connectivity index (χ3v) is 3.32. The van der Waals surface area contributed by atoms with Gasteiger partial charge in [0.25, 0.3) is 0 Å². The summed E-state index contributed by atoms with van der Waals surface area (Å²) < 4.78 is 5.97. The van der Waals surface area contributed by atoms with Gasteiger partial charge in [-0.05, 0) is 18.2 Å². The molecule has 0 amide bonds. The third kappa shape index (κ3) is 3.02. The standard InChI is InChI=1S/C15H17N3O/c1-2-5-13(6-3-1)19-14-7-11-18(12-8-14)15-16-9-4-10-17-15/h1-6,9-10,14H,7-8,11-12H2. The van der Waals surface area contributed by atoms with E-state index in [2.05, 4.69) is 14.9 Å². The van der Waals surface area contributed by atoms with E-state index in [0.29, 0.717) is 6.10 Å². The normalized spacial score (nSPS) is 16.3. The molecule has 1 aliphatic rings. The second-order valence-electron chi connectivity index (χ2n) is 4.67. The number of nitrogens with zero attached hydrogens (tertiary/aromatic N) is 3. The first-order valence-electron chi connectivity index (χ1n) is 6.65. The molecule has 4 heteroatoms. The van der Waals surface area contributed by atoms with Gasteiger partial charge >= 0.3 is 0 Å². The average Bonchev–Trinajstić information content (AvgIpc) is 2.50. The van der Waals surface area contributed by atoms with Crippen molar-refractivity contribution >= 4 is 5.95 Å². The summed E-state index contributed by atoms with van der Waals surface area (Å²) in [7, 11) is 0. The number of anilines is 1. The second-order valence-corrected chi connectivity index (χ2v) is 4.67. The van der Waals surface area contributed by atoms with Crippen LogP contribution in [0.25, 0.3) is 0 Å². The minimum atomic E-state index is 0.294. The summed E-state index contributed by atoms with van der Waals surface area (Å²) in [6.07, 6.45) is 5.88. The first-order valence-corrected chi connectivity index (χ1v) is 6.65. The summed E-state index contributed by atoms with van der Waals surface area (Å²) in [6, 6.07) is 11.9. The predicted octanol–water partition coefficient (Wildman–Crippen LogP) is 2.52. The summed E-state index contributed by atoms with van der Waals surface area (Å²) in [6.45, 7) is 1.89. The Kier molecular flexibility index (Phi) is 3.58. The van der Waals surface area contributed by atoms with Crippen LogP contribution in [0.2, 0.25) is 0 Å². The number of rotatable bonds is 3. The minimum Gasteiger partial charge on any atom is -0.490 e. The lowest BCUT2D eigenvalue weighted by molar-refractivity contribution is 0.170. The van der Waals surface area contributed by atoms with Gasteiger partial charge in [-0.3, -0.25) is 0 Å². The minimum absolute atomic E-state index is 0.294. The quantitative estimate of drug-likeness (QED) is 0.844. The molecule has 0 N–H and O–H groups in total. The molecule has 0 atom stereocenters. The predicted molar refractivity (Wildman–Crippen MR) is 74.3 cm³/mol. The summed E-state index contributed by atoms with van der Waals surface area (Å²) in [5.41, 5.74) is 0. The van der Waals surface area contributed by atoms with Crippen LogP contribution in [0.5, 0.6) is 5.75 Å². The fourth-order valence-electron chi connectivity index (χ4n) is 2.32. The Balaban J connectivity index is 1.55. The van der Waals surface area contributed by atoms with Gasteiger partial charge in [0.1, 0.15) is 11.9 Å². The van der Waals surface area contributed by atoms with Crippen molar-refractivity contribution in [3.8, 4) is 5.75 Å². The first kappa shape index (κ1) is 12.0. The molecule has 98 valence electrons. The number of benzene rings is 1. The highest BCUT2D eigenvalue weighted by molar-refractivity contribution is 5.29. The van der Waals surface area contributed by atoms with Crippen molar-refractivity contribution in [2.45, 2.75) is 18.9 Å². The van der Waals surface area contributed by atoms with E-state index in [1.165, 1.54) is 0 Å². The zero-order valence-corrected chi connectivity index (χ0v) is 10.8. The maximum Gasteiger partial charge on any atom is 0.225 e. The first-order chi connectivity index (χ1) is 9.42. The molecule has 2 heterocycles. The van der Waals surface area contributed by atoms with Crippen molar-refractivity contribution in [3.05, 3.63) is 48.8 Å². The van der Waals surface area contributed by atoms with E-state index in [9.17, 15) is 0 Å². The number of ether oxygens (including phenoxy) is 1. The Morgan fingerprint density at radius 1 is 0.947 bits per heavy atom. The Labute approximate surface area is 113 Å². The fraction of sp³-hybridized carbons (Fsp3) is 0.333. The van der Waals surface area contributed by atoms with E-state index in [1.54, 1.807) is 12.4 Å². The molecular weight excluding hydrogens is 238 g/mol. The highest BCUT2D eigenvalue weighted by Gasteiger charge is 2.21. The van der Waals surface area contributed by atoms with Crippen molar-refractivity contribution in [1.29, 1.82) is 0 Å². The molecule has 1 aromatic carbocycles. The van der Waals surface area contributed by atoms with Crippen LogP contribution in [0.15, 0.2) is 48.8 Å². The SMILES string of the molecule is c1ccc(OC2CCN(c3ncccn3)CC2)cc1. The molecule has 1 aliphatic heterocycles. The lowest BCUT2D eigenvalue weighted by Crippen LogP contribution is -2.39. The molecule has 0 radical (unpaired) electrons. The van der Waals surface area contributed by atoms with Gasteiger partial charge in [-0.2, -0.15) is 0 Å². The Morgan fingerprint density at radius 3 is 2.32 bits per heavy atom. The van der Waals surface area contributed by atoms with Crippen LogP contribution >= 0.6 is 0 Å². The van der Waals surface area contributed by atoms with E-state index in [4.69, 9.17) is 4.74 Å². The number of hydrogen-bond acceptors (Lipinski definition) is 4. The van der Waals surface area contributed by atoms with Crippen molar-refractivity contribution in [2.24, 2.45) is 0 Å². The topological polar surface area (TPSA) is 38.2 Å². The largest absolute Gasteiger partial charge is 0.490 e. The Hall–Kier alpha value is -2.10. The molecule has 1 fully saturated rings. The van der Waals surface area contributed by atoms with Crippen LogP contribution in [0.4, 0.5) is 5.95 Å². The molecule has 1 aromatic heterocycles. The third-order valence-electron chi connectivity index (χ3n) is 3.32. The molecule has 0 bridgehead atoms. The van der Waals surface area contributed by atoms with Crippen LogP contribution in [-0.4, -0.2) is 29.2 Å². The highest BCUT2D eigenvalue weighted by Crippen LogP contribution is 2.20. The number of hydrogen-bond donors (Lipinski definition) is 0. The van der Waals surface area contributed by atoms with Crippen LogP contribution in [0, 0.1) is 0 Å². The lowest BCUT2D eigenvalue weighted by atomic mass is 10.1. The van der Waals surface area contributed by atoms with Gasteiger partial charge in [-0.25, -0.2) is 9.97 Å². The van der Waals surface area contributed by atoms with Crippen LogP contribution in [0.3, 0.4) is 0 Å². The lowest BCUT2D eigenvalue weighted by Gasteiger charge is -2.32. The molecule has 1 saturated heterocycles. The van der Waals surface area contributed by atoms with Crippen LogP contribution in [-0.2, 0) is 0 Å². The molecule has 0 saturated carbocycles. The van der Waals surface area contributed by atoms with E-state index >= 15 is 0 Å². The zero-order valence-electron chi connectivity index (χ0n) is 10.8. The molecule has 4 nitrogen and oxygen atoms in total. The van der Waals surface area contributed by atoms with Crippen LogP contribution < -0.4 is 9.64 Å². The number of aromatic nitrogens is 2. The van der Waals surface area contributed by atoms with Gasteiger partial charge in [-0.1, -0.05) is 18.2 Å². The van der Waals surface area contributed by atoms with Crippen molar-refractivity contribution < 1.29 is 4.74 Å². The highest BCUT2D eigenvalue weighted by atomic mass is 16.5. The van der Waals surface area contributed by atoms with Crippen molar-refractivity contribution in [3.63, 3.8) is 0 Å². The number of piperidine rings is 1. The van der Waals surface area contributed by atoms with E-state index in [-0.39, 0.29) is 0 Å². The molecule has 19 heavy (non-hydrogen) atoms. The Bertz CT molecular complexity index is 495. The summed E-state index contributed by atoms with van der Waals surface area (Å²) in [5, 5.41) is 0. The fourth-order valence-corrected chi connectivity index (χ4v) is 2.32. The summed E-state index contributed by atoms with van der Waals surface area (Å²) >= 11 is 0. The maximum atomic E-state index is 5.97. The van der Waals surface area contributed by atoms with Gasteiger partial charge in [0.15, 0.2) is 0 Å². The van der Waals surface area contributed by atoms with Crippen LogP contribution in [0.1, 0.15) is 12.8 Å². The summed E-state index contributed by atoms with van der Waals surface area (Å²) in [4.78, 5) is 10.8. The van der Waals surface area contributed by atoms with Gasteiger partial charge < -0.3 is 9.64 Å². The van der Waals surface area contributed by atoms with Gasteiger partial charge in [-0.15, -0.1) is 0 Å². The van der Waals surface area contributed by atoms with E-state index in [1.807, 2.05) is 36.4 Å². The second kappa shape index (κ2) is 5.69.